The lowest BCUT2D eigenvalue weighted by Gasteiger charge is -2.39. The molecule has 0 bridgehead atoms. The van der Waals surface area contributed by atoms with Crippen molar-refractivity contribution in [1.29, 1.82) is 0 Å². The van der Waals surface area contributed by atoms with Crippen LogP contribution in [0, 0.1) is 0 Å². The summed E-state index contributed by atoms with van der Waals surface area (Å²) in [5.41, 5.74) is 4.28. The maximum Gasteiger partial charge on any atom is 0.241 e. The SMILES string of the molecule is COC[C@H]1CN[C@H](C)CN1CC(=O)N1CC(C)(C)c2cnc(Cc3ccccc3)cc21.Cl. The Labute approximate surface area is 197 Å². The molecule has 1 amide bonds. The molecule has 0 saturated carbocycles. The van der Waals surface area contributed by atoms with Crippen LogP contribution in [0.4, 0.5) is 5.69 Å². The third-order valence-electron chi connectivity index (χ3n) is 6.47. The van der Waals surface area contributed by atoms with Gasteiger partial charge < -0.3 is 15.0 Å². The molecular weight excluding hydrogens is 424 g/mol. The second kappa shape index (κ2) is 10.3. The van der Waals surface area contributed by atoms with Crippen molar-refractivity contribution >= 4 is 24.0 Å². The highest BCUT2D eigenvalue weighted by Gasteiger charge is 2.39. The first kappa shape index (κ1) is 24.6. The van der Waals surface area contributed by atoms with Crippen LogP contribution < -0.4 is 10.2 Å². The maximum absolute atomic E-state index is 13.5. The van der Waals surface area contributed by atoms with Gasteiger partial charge in [-0.15, -0.1) is 12.4 Å². The minimum absolute atomic E-state index is 0. The molecule has 1 aromatic carbocycles. The van der Waals surface area contributed by atoms with Gasteiger partial charge in [-0.2, -0.15) is 0 Å². The number of hydrogen-bond acceptors (Lipinski definition) is 5. The number of nitrogens with zero attached hydrogens (tertiary/aromatic N) is 3. The highest BCUT2D eigenvalue weighted by molar-refractivity contribution is 5.97. The summed E-state index contributed by atoms with van der Waals surface area (Å²) < 4.78 is 5.40. The Morgan fingerprint density at radius 1 is 1.28 bits per heavy atom. The zero-order valence-electron chi connectivity index (χ0n) is 19.5. The Bertz CT molecular complexity index is 921. The third kappa shape index (κ3) is 5.31. The molecule has 0 radical (unpaired) electrons. The monoisotopic (exact) mass is 458 g/mol. The van der Waals surface area contributed by atoms with E-state index in [4.69, 9.17) is 9.72 Å². The van der Waals surface area contributed by atoms with E-state index >= 15 is 0 Å². The number of piperazine rings is 1. The molecule has 0 spiro atoms. The van der Waals surface area contributed by atoms with Crippen LogP contribution in [-0.2, 0) is 21.4 Å². The number of fused-ring (bicyclic) bond motifs is 1. The van der Waals surface area contributed by atoms with Crippen molar-refractivity contribution < 1.29 is 9.53 Å². The number of aromatic nitrogens is 1. The highest BCUT2D eigenvalue weighted by atomic mass is 35.5. The van der Waals surface area contributed by atoms with Gasteiger partial charge in [0.1, 0.15) is 0 Å². The topological polar surface area (TPSA) is 57.7 Å². The average Bonchev–Trinajstić information content (AvgIpc) is 3.01. The molecule has 3 heterocycles. The summed E-state index contributed by atoms with van der Waals surface area (Å²) in [4.78, 5) is 22.5. The van der Waals surface area contributed by atoms with Crippen LogP contribution in [0.25, 0.3) is 0 Å². The smallest absolute Gasteiger partial charge is 0.241 e. The fourth-order valence-electron chi connectivity index (χ4n) is 4.76. The molecule has 2 aliphatic rings. The average molecular weight is 459 g/mol. The molecule has 0 unspecified atom stereocenters. The summed E-state index contributed by atoms with van der Waals surface area (Å²) in [7, 11) is 1.72. The van der Waals surface area contributed by atoms with Crippen molar-refractivity contribution in [3.8, 4) is 0 Å². The largest absolute Gasteiger partial charge is 0.383 e. The number of amides is 1. The van der Waals surface area contributed by atoms with E-state index in [-0.39, 0.29) is 29.8 Å². The van der Waals surface area contributed by atoms with Crippen molar-refractivity contribution in [2.45, 2.75) is 44.7 Å². The van der Waals surface area contributed by atoms with E-state index in [0.29, 0.717) is 25.7 Å². The van der Waals surface area contributed by atoms with E-state index in [1.54, 1.807) is 7.11 Å². The summed E-state index contributed by atoms with van der Waals surface area (Å²) in [5.74, 6) is 0.152. The highest BCUT2D eigenvalue weighted by Crippen LogP contribution is 2.40. The fraction of sp³-hybridized carbons (Fsp3) is 0.520. The number of carbonyl (C=O) groups excluding carboxylic acids is 1. The Hall–Kier alpha value is -1.99. The first-order valence-corrected chi connectivity index (χ1v) is 11.2. The van der Waals surface area contributed by atoms with Gasteiger partial charge in [-0.3, -0.25) is 14.7 Å². The maximum atomic E-state index is 13.5. The number of hydrogen-bond donors (Lipinski definition) is 1. The van der Waals surface area contributed by atoms with Gasteiger partial charge in [0.2, 0.25) is 5.91 Å². The van der Waals surface area contributed by atoms with Crippen LogP contribution in [-0.4, -0.2) is 67.8 Å². The molecule has 1 saturated heterocycles. The summed E-state index contributed by atoms with van der Waals surface area (Å²) in [6.07, 6.45) is 2.74. The normalized spacial score (nSPS) is 22.3. The third-order valence-corrected chi connectivity index (χ3v) is 6.47. The number of halogens is 1. The predicted octanol–water partition coefficient (Wildman–Crippen LogP) is 3.03. The molecule has 7 heteroatoms. The van der Waals surface area contributed by atoms with Crippen LogP contribution in [0.5, 0.6) is 0 Å². The summed E-state index contributed by atoms with van der Waals surface area (Å²) in [5, 5.41) is 3.49. The molecule has 174 valence electrons. The second-order valence-electron chi connectivity index (χ2n) is 9.57. The number of carbonyl (C=O) groups is 1. The Kier molecular flexibility index (Phi) is 7.93. The molecule has 32 heavy (non-hydrogen) atoms. The van der Waals surface area contributed by atoms with E-state index in [2.05, 4.69) is 49.2 Å². The van der Waals surface area contributed by atoms with E-state index in [1.807, 2.05) is 29.3 Å². The standard InChI is InChI=1S/C25H34N4O2.ClH/c1-18-14-28(21(12-26-18)16-31-4)15-24(30)29-17-25(2,3)22-13-27-20(11-23(22)29)10-19-8-6-5-7-9-19;/h5-9,11,13,18,21,26H,10,12,14-17H2,1-4H3;1H/t18-,21-;/m1./s1. The number of benzene rings is 1. The van der Waals surface area contributed by atoms with Crippen LogP contribution >= 0.6 is 12.4 Å². The van der Waals surface area contributed by atoms with Crippen molar-refractivity contribution in [2.75, 3.05) is 44.8 Å². The molecule has 0 aliphatic carbocycles. The lowest BCUT2D eigenvalue weighted by Crippen LogP contribution is -2.59. The summed E-state index contributed by atoms with van der Waals surface area (Å²) in [6, 6.07) is 13.0. The van der Waals surface area contributed by atoms with Gasteiger partial charge in [-0.25, -0.2) is 0 Å². The van der Waals surface area contributed by atoms with E-state index in [0.717, 1.165) is 36.5 Å². The van der Waals surface area contributed by atoms with Crippen LogP contribution in [0.15, 0.2) is 42.6 Å². The Morgan fingerprint density at radius 3 is 2.75 bits per heavy atom. The lowest BCUT2D eigenvalue weighted by atomic mass is 9.88. The van der Waals surface area contributed by atoms with Crippen molar-refractivity contribution in [3.05, 3.63) is 59.4 Å². The quantitative estimate of drug-likeness (QED) is 0.721. The second-order valence-corrected chi connectivity index (χ2v) is 9.57. The first-order chi connectivity index (χ1) is 14.9. The Balaban J connectivity index is 0.00000289. The number of rotatable bonds is 6. The zero-order valence-corrected chi connectivity index (χ0v) is 20.3. The number of ether oxygens (including phenoxy) is 1. The summed E-state index contributed by atoms with van der Waals surface area (Å²) >= 11 is 0. The molecule has 1 fully saturated rings. The van der Waals surface area contributed by atoms with Crippen LogP contribution in [0.3, 0.4) is 0 Å². The predicted molar refractivity (Wildman–Crippen MR) is 131 cm³/mol. The Morgan fingerprint density at radius 2 is 2.03 bits per heavy atom. The summed E-state index contributed by atoms with van der Waals surface area (Å²) in [6.45, 7) is 9.96. The minimum atomic E-state index is -0.105. The molecule has 1 N–H and O–H groups in total. The van der Waals surface area contributed by atoms with Gasteiger partial charge in [0.15, 0.2) is 0 Å². The van der Waals surface area contributed by atoms with Crippen LogP contribution in [0.1, 0.15) is 37.6 Å². The molecule has 1 aromatic heterocycles. The molecular formula is C25H35ClN4O2. The molecule has 2 aliphatic heterocycles. The zero-order chi connectivity index (χ0) is 22.0. The van der Waals surface area contributed by atoms with Gasteiger partial charge in [0.25, 0.3) is 0 Å². The number of nitrogens with one attached hydrogen (secondary N) is 1. The van der Waals surface area contributed by atoms with Gasteiger partial charge in [-0.05, 0) is 18.6 Å². The van der Waals surface area contributed by atoms with Crippen molar-refractivity contribution in [2.24, 2.45) is 0 Å². The minimum Gasteiger partial charge on any atom is -0.383 e. The molecule has 6 nitrogen and oxygen atoms in total. The van der Waals surface area contributed by atoms with Gasteiger partial charge in [-0.1, -0.05) is 44.2 Å². The first-order valence-electron chi connectivity index (χ1n) is 11.2. The van der Waals surface area contributed by atoms with Gasteiger partial charge in [0, 0.05) is 68.1 Å². The van der Waals surface area contributed by atoms with Gasteiger partial charge >= 0.3 is 0 Å². The molecule has 2 aromatic rings. The van der Waals surface area contributed by atoms with Crippen molar-refractivity contribution in [3.63, 3.8) is 0 Å². The lowest BCUT2D eigenvalue weighted by molar-refractivity contribution is -0.121. The number of pyridine rings is 1. The van der Waals surface area contributed by atoms with Gasteiger partial charge in [0.05, 0.1) is 18.8 Å². The van der Waals surface area contributed by atoms with E-state index in [9.17, 15) is 4.79 Å². The van der Waals surface area contributed by atoms with Crippen LogP contribution in [0.2, 0.25) is 0 Å². The molecule has 4 rings (SSSR count). The number of methoxy groups -OCH3 is 1. The fourth-order valence-corrected chi connectivity index (χ4v) is 4.76. The van der Waals surface area contributed by atoms with E-state index < -0.39 is 0 Å². The number of anilines is 1. The molecule has 2 atom stereocenters. The van der Waals surface area contributed by atoms with Crippen molar-refractivity contribution in [1.82, 2.24) is 15.2 Å². The van der Waals surface area contributed by atoms with E-state index in [1.165, 1.54) is 5.56 Å².